The largest absolute Gasteiger partial charge is 0.350 e. The Morgan fingerprint density at radius 1 is 1.26 bits per heavy atom. The molecule has 0 spiro atoms. The van der Waals surface area contributed by atoms with Gasteiger partial charge in [0.15, 0.2) is 6.29 Å². The summed E-state index contributed by atoms with van der Waals surface area (Å²) in [6, 6.07) is 10.7. The highest BCUT2D eigenvalue weighted by Gasteiger charge is 2.06. The van der Waals surface area contributed by atoms with Crippen molar-refractivity contribution >= 4 is 23.8 Å². The van der Waals surface area contributed by atoms with Crippen molar-refractivity contribution in [3.63, 3.8) is 0 Å². The second kappa shape index (κ2) is 6.20. The normalized spacial score (nSPS) is 10.2. The number of aromatic nitrogens is 1. The van der Waals surface area contributed by atoms with Crippen LogP contribution in [-0.4, -0.2) is 16.8 Å². The Balaban J connectivity index is 1.92. The van der Waals surface area contributed by atoms with Crippen LogP contribution in [0.1, 0.15) is 16.1 Å². The maximum Gasteiger partial charge on any atom is 0.240 e. The standard InChI is InChI=1S/C14H13ClN2O2/c15-13-6-2-1-4-11(13)8-16-14(19)9-17-7-3-5-12(17)10-18/h1-7,10H,8-9H2,(H,16,19). The number of nitrogens with one attached hydrogen (secondary N) is 1. The highest BCUT2D eigenvalue weighted by Crippen LogP contribution is 2.14. The Bertz CT molecular complexity index is 593. The number of aldehydes is 1. The highest BCUT2D eigenvalue weighted by molar-refractivity contribution is 6.31. The molecule has 1 aromatic carbocycles. The quantitative estimate of drug-likeness (QED) is 0.852. The van der Waals surface area contributed by atoms with Crippen LogP contribution in [0.25, 0.3) is 0 Å². The van der Waals surface area contributed by atoms with Crippen molar-refractivity contribution in [1.29, 1.82) is 0 Å². The molecular weight excluding hydrogens is 264 g/mol. The lowest BCUT2D eigenvalue weighted by Gasteiger charge is -2.08. The van der Waals surface area contributed by atoms with E-state index in [1.54, 1.807) is 29.0 Å². The average Bonchev–Trinajstić information content (AvgIpc) is 2.85. The van der Waals surface area contributed by atoms with E-state index in [0.29, 0.717) is 17.3 Å². The first-order valence-corrected chi connectivity index (χ1v) is 6.19. The van der Waals surface area contributed by atoms with E-state index in [-0.39, 0.29) is 12.5 Å². The van der Waals surface area contributed by atoms with Crippen molar-refractivity contribution in [2.75, 3.05) is 0 Å². The molecule has 98 valence electrons. The van der Waals surface area contributed by atoms with Gasteiger partial charge < -0.3 is 9.88 Å². The first-order valence-electron chi connectivity index (χ1n) is 5.81. The molecule has 0 aliphatic heterocycles. The van der Waals surface area contributed by atoms with E-state index in [1.807, 2.05) is 18.2 Å². The van der Waals surface area contributed by atoms with Crippen LogP contribution < -0.4 is 5.32 Å². The van der Waals surface area contributed by atoms with Crippen LogP contribution in [0.2, 0.25) is 5.02 Å². The van der Waals surface area contributed by atoms with Gasteiger partial charge in [-0.15, -0.1) is 0 Å². The molecule has 4 nitrogen and oxygen atoms in total. The highest BCUT2D eigenvalue weighted by atomic mass is 35.5. The summed E-state index contributed by atoms with van der Waals surface area (Å²) in [6.07, 6.45) is 2.42. The van der Waals surface area contributed by atoms with Gasteiger partial charge in [-0.2, -0.15) is 0 Å². The third-order valence-corrected chi connectivity index (χ3v) is 3.10. The summed E-state index contributed by atoms with van der Waals surface area (Å²) in [5, 5.41) is 3.39. The molecule has 1 N–H and O–H groups in total. The Kier molecular flexibility index (Phi) is 4.36. The first kappa shape index (κ1) is 13.4. The number of hydrogen-bond donors (Lipinski definition) is 1. The van der Waals surface area contributed by atoms with Gasteiger partial charge in [-0.3, -0.25) is 9.59 Å². The number of hydrogen-bond acceptors (Lipinski definition) is 2. The molecule has 0 atom stereocenters. The molecule has 0 bridgehead atoms. The Morgan fingerprint density at radius 2 is 2.05 bits per heavy atom. The maximum atomic E-state index is 11.8. The molecule has 0 aliphatic carbocycles. The molecule has 0 radical (unpaired) electrons. The second-order valence-electron chi connectivity index (χ2n) is 4.05. The fraction of sp³-hybridized carbons (Fsp3) is 0.143. The average molecular weight is 277 g/mol. The summed E-state index contributed by atoms with van der Waals surface area (Å²) in [4.78, 5) is 22.5. The zero-order chi connectivity index (χ0) is 13.7. The Hall–Kier alpha value is -2.07. The second-order valence-corrected chi connectivity index (χ2v) is 4.45. The number of amides is 1. The van der Waals surface area contributed by atoms with E-state index in [2.05, 4.69) is 5.32 Å². The molecule has 0 fully saturated rings. The summed E-state index contributed by atoms with van der Waals surface area (Å²) in [6.45, 7) is 0.488. The molecular formula is C14H13ClN2O2. The maximum absolute atomic E-state index is 11.8. The number of halogens is 1. The van der Waals surface area contributed by atoms with Crippen molar-refractivity contribution < 1.29 is 9.59 Å². The van der Waals surface area contributed by atoms with Crippen molar-refractivity contribution in [3.05, 3.63) is 58.9 Å². The third-order valence-electron chi connectivity index (χ3n) is 2.73. The molecule has 0 saturated carbocycles. The number of benzene rings is 1. The van der Waals surface area contributed by atoms with Crippen molar-refractivity contribution in [2.24, 2.45) is 0 Å². The minimum Gasteiger partial charge on any atom is -0.350 e. The van der Waals surface area contributed by atoms with Gasteiger partial charge in [-0.1, -0.05) is 29.8 Å². The van der Waals surface area contributed by atoms with Gasteiger partial charge in [0, 0.05) is 17.8 Å². The van der Waals surface area contributed by atoms with Crippen LogP contribution in [0.4, 0.5) is 0 Å². The lowest BCUT2D eigenvalue weighted by molar-refractivity contribution is -0.121. The van der Waals surface area contributed by atoms with Gasteiger partial charge in [0.05, 0.1) is 5.69 Å². The molecule has 1 amide bonds. The first-order chi connectivity index (χ1) is 9.20. The van der Waals surface area contributed by atoms with Gasteiger partial charge in [-0.25, -0.2) is 0 Å². The lowest BCUT2D eigenvalue weighted by Crippen LogP contribution is -2.27. The molecule has 0 saturated heterocycles. The monoisotopic (exact) mass is 276 g/mol. The van der Waals surface area contributed by atoms with E-state index in [1.165, 1.54) is 0 Å². The fourth-order valence-corrected chi connectivity index (χ4v) is 1.93. The zero-order valence-electron chi connectivity index (χ0n) is 10.2. The number of carbonyl (C=O) groups is 2. The zero-order valence-corrected chi connectivity index (χ0v) is 10.9. The van der Waals surface area contributed by atoms with Crippen LogP contribution in [-0.2, 0) is 17.9 Å². The number of carbonyl (C=O) groups excluding carboxylic acids is 2. The summed E-state index contributed by atoms with van der Waals surface area (Å²) < 4.78 is 1.59. The number of nitrogens with zero attached hydrogens (tertiary/aromatic N) is 1. The van der Waals surface area contributed by atoms with Gasteiger partial charge in [0.1, 0.15) is 6.54 Å². The molecule has 0 unspecified atom stereocenters. The summed E-state index contributed by atoms with van der Waals surface area (Å²) in [5.74, 6) is -0.167. The minimum atomic E-state index is -0.167. The molecule has 5 heteroatoms. The van der Waals surface area contributed by atoms with Crippen LogP contribution in [0, 0.1) is 0 Å². The van der Waals surface area contributed by atoms with Crippen molar-refractivity contribution in [2.45, 2.75) is 13.1 Å². The van der Waals surface area contributed by atoms with E-state index in [9.17, 15) is 9.59 Å². The van der Waals surface area contributed by atoms with Crippen LogP contribution in [0.3, 0.4) is 0 Å². The third kappa shape index (κ3) is 3.45. The van der Waals surface area contributed by atoms with E-state index in [0.717, 1.165) is 11.8 Å². The topological polar surface area (TPSA) is 51.1 Å². The summed E-state index contributed by atoms with van der Waals surface area (Å²) in [5.41, 5.74) is 1.34. The molecule has 2 rings (SSSR count). The number of rotatable bonds is 5. The van der Waals surface area contributed by atoms with E-state index < -0.39 is 0 Å². The Labute approximate surface area is 116 Å². The molecule has 1 aromatic heterocycles. The van der Waals surface area contributed by atoms with Crippen molar-refractivity contribution in [3.8, 4) is 0 Å². The van der Waals surface area contributed by atoms with Crippen LogP contribution in [0.5, 0.6) is 0 Å². The molecule has 1 heterocycles. The van der Waals surface area contributed by atoms with Crippen molar-refractivity contribution in [1.82, 2.24) is 9.88 Å². The van der Waals surface area contributed by atoms with Gasteiger partial charge in [-0.05, 0) is 23.8 Å². The van der Waals surface area contributed by atoms with E-state index >= 15 is 0 Å². The van der Waals surface area contributed by atoms with Gasteiger partial charge in [0.2, 0.25) is 5.91 Å². The predicted octanol–water partition coefficient (Wildman–Crippen LogP) is 2.27. The van der Waals surface area contributed by atoms with E-state index in [4.69, 9.17) is 11.6 Å². The molecule has 0 aliphatic rings. The lowest BCUT2D eigenvalue weighted by atomic mass is 10.2. The van der Waals surface area contributed by atoms with Crippen LogP contribution in [0.15, 0.2) is 42.6 Å². The van der Waals surface area contributed by atoms with Gasteiger partial charge >= 0.3 is 0 Å². The predicted molar refractivity (Wildman–Crippen MR) is 73.1 cm³/mol. The summed E-state index contributed by atoms with van der Waals surface area (Å²) >= 11 is 6.00. The molecule has 19 heavy (non-hydrogen) atoms. The Morgan fingerprint density at radius 3 is 2.79 bits per heavy atom. The smallest absolute Gasteiger partial charge is 0.240 e. The minimum absolute atomic E-state index is 0.117. The molecule has 2 aromatic rings. The summed E-state index contributed by atoms with van der Waals surface area (Å²) in [7, 11) is 0. The fourth-order valence-electron chi connectivity index (χ4n) is 1.72. The van der Waals surface area contributed by atoms with Gasteiger partial charge in [0.25, 0.3) is 0 Å². The van der Waals surface area contributed by atoms with Crippen LogP contribution >= 0.6 is 11.6 Å². The SMILES string of the molecule is O=Cc1cccn1CC(=O)NCc1ccccc1Cl.